The molecule has 2 atom stereocenters. The standard InChI is InChI=1S/C22H33N3O6/c1-23-16-11-17(21-19(12-16)30-9-4-10-31-21)22(28)24-13-15-6-8-25(14-18(15)26)7-3-5-20(27)29-2/h11-12,15,18,23,26H,3-10,13-14H2,1-2H3,(H,24,28)/t15-,18?/m0/s1. The Balaban J connectivity index is 1.54. The van der Waals surface area contributed by atoms with E-state index in [1.165, 1.54) is 7.11 Å². The molecule has 9 heteroatoms. The number of aliphatic hydroxyl groups excluding tert-OH is 1. The molecule has 2 aliphatic rings. The zero-order chi connectivity index (χ0) is 22.2. The Morgan fingerprint density at radius 2 is 2.10 bits per heavy atom. The number of amides is 1. The minimum absolute atomic E-state index is 0.0240. The summed E-state index contributed by atoms with van der Waals surface area (Å²) in [6.45, 7) is 3.52. The largest absolute Gasteiger partial charge is 0.489 e. The maximum atomic E-state index is 12.9. The molecule has 9 nitrogen and oxygen atoms in total. The van der Waals surface area contributed by atoms with Gasteiger partial charge in [0.05, 0.1) is 32.0 Å². The van der Waals surface area contributed by atoms with Gasteiger partial charge < -0.3 is 34.9 Å². The van der Waals surface area contributed by atoms with Crippen LogP contribution in [0.3, 0.4) is 0 Å². The number of esters is 1. The summed E-state index contributed by atoms with van der Waals surface area (Å²) in [5.41, 5.74) is 1.20. The molecule has 1 saturated heterocycles. The molecular formula is C22H33N3O6. The normalized spacial score (nSPS) is 21.1. The van der Waals surface area contributed by atoms with Gasteiger partial charge in [-0.15, -0.1) is 0 Å². The average molecular weight is 436 g/mol. The van der Waals surface area contributed by atoms with Gasteiger partial charge in [0.1, 0.15) is 0 Å². The summed E-state index contributed by atoms with van der Waals surface area (Å²) in [6, 6.07) is 3.58. The molecular weight excluding hydrogens is 402 g/mol. The third kappa shape index (κ3) is 6.24. The van der Waals surface area contributed by atoms with Gasteiger partial charge in [0, 0.05) is 50.7 Å². The number of hydrogen-bond acceptors (Lipinski definition) is 8. The van der Waals surface area contributed by atoms with Gasteiger partial charge in [-0.1, -0.05) is 0 Å². The Kier molecular flexibility index (Phi) is 8.36. The first kappa shape index (κ1) is 23.1. The van der Waals surface area contributed by atoms with Crippen LogP contribution in [0.2, 0.25) is 0 Å². The van der Waals surface area contributed by atoms with Crippen molar-refractivity contribution in [1.82, 2.24) is 10.2 Å². The van der Waals surface area contributed by atoms with Crippen LogP contribution in [0.1, 0.15) is 36.0 Å². The lowest BCUT2D eigenvalue weighted by atomic mass is 9.93. The molecule has 2 aliphatic heterocycles. The van der Waals surface area contributed by atoms with Gasteiger partial charge in [0.2, 0.25) is 0 Å². The zero-order valence-electron chi connectivity index (χ0n) is 18.3. The number of β-amino-alcohol motifs (C(OH)–C–C–N with tert-alkyl or cyclic N) is 1. The predicted octanol–water partition coefficient (Wildman–Crippen LogP) is 1.26. The highest BCUT2D eigenvalue weighted by Gasteiger charge is 2.29. The van der Waals surface area contributed by atoms with Crippen molar-refractivity contribution in [3.63, 3.8) is 0 Å². The van der Waals surface area contributed by atoms with E-state index in [1.54, 1.807) is 13.1 Å². The molecule has 1 fully saturated rings. The summed E-state index contributed by atoms with van der Waals surface area (Å²) < 4.78 is 16.2. The smallest absolute Gasteiger partial charge is 0.305 e. The second kappa shape index (κ2) is 11.2. The highest BCUT2D eigenvalue weighted by Crippen LogP contribution is 2.36. The van der Waals surface area contributed by atoms with E-state index >= 15 is 0 Å². The first-order valence-electron chi connectivity index (χ1n) is 10.9. The van der Waals surface area contributed by atoms with Gasteiger partial charge in [-0.05, 0) is 32.0 Å². The molecule has 1 aromatic carbocycles. The minimum atomic E-state index is -0.535. The van der Waals surface area contributed by atoms with Crippen LogP contribution in [0.4, 0.5) is 5.69 Å². The summed E-state index contributed by atoms with van der Waals surface area (Å²) in [4.78, 5) is 26.3. The number of likely N-dealkylation sites (tertiary alicyclic amines) is 1. The molecule has 2 heterocycles. The van der Waals surface area contributed by atoms with E-state index in [0.717, 1.165) is 31.6 Å². The van der Waals surface area contributed by atoms with Crippen LogP contribution >= 0.6 is 0 Å². The number of nitrogens with zero attached hydrogens (tertiary/aromatic N) is 1. The van der Waals surface area contributed by atoms with Crippen LogP contribution in [0.25, 0.3) is 0 Å². The summed E-state index contributed by atoms with van der Waals surface area (Å²) in [5.74, 6) is 0.549. The number of methoxy groups -OCH3 is 1. The second-order valence-electron chi connectivity index (χ2n) is 7.96. The van der Waals surface area contributed by atoms with Crippen LogP contribution < -0.4 is 20.1 Å². The highest BCUT2D eigenvalue weighted by molar-refractivity contribution is 5.99. The number of piperidine rings is 1. The predicted molar refractivity (Wildman–Crippen MR) is 116 cm³/mol. The Hall–Kier alpha value is -2.52. The summed E-state index contributed by atoms with van der Waals surface area (Å²) >= 11 is 0. The first-order valence-corrected chi connectivity index (χ1v) is 10.9. The first-order chi connectivity index (χ1) is 15.0. The number of carbonyl (C=O) groups excluding carboxylic acids is 2. The van der Waals surface area contributed by atoms with Crippen molar-refractivity contribution in [3.8, 4) is 11.5 Å². The molecule has 1 unspecified atom stereocenters. The molecule has 0 aromatic heterocycles. The van der Waals surface area contributed by atoms with Crippen molar-refractivity contribution in [2.75, 3.05) is 58.9 Å². The molecule has 1 aromatic rings. The lowest BCUT2D eigenvalue weighted by molar-refractivity contribution is -0.140. The van der Waals surface area contributed by atoms with Crippen molar-refractivity contribution in [2.45, 2.75) is 31.8 Å². The van der Waals surface area contributed by atoms with Crippen molar-refractivity contribution < 1.29 is 28.9 Å². The lowest BCUT2D eigenvalue weighted by Gasteiger charge is -2.36. The molecule has 172 valence electrons. The number of anilines is 1. The van der Waals surface area contributed by atoms with Crippen molar-refractivity contribution in [1.29, 1.82) is 0 Å². The lowest BCUT2D eigenvalue weighted by Crippen LogP contribution is -2.47. The number of benzene rings is 1. The molecule has 0 spiro atoms. The zero-order valence-corrected chi connectivity index (χ0v) is 18.3. The van der Waals surface area contributed by atoms with E-state index in [2.05, 4.69) is 20.3 Å². The number of fused-ring (bicyclic) bond motifs is 1. The Labute approximate surface area is 183 Å². The monoisotopic (exact) mass is 435 g/mol. The molecule has 3 rings (SSSR count). The fourth-order valence-electron chi connectivity index (χ4n) is 3.94. The highest BCUT2D eigenvalue weighted by atomic mass is 16.5. The SMILES string of the molecule is CNc1cc2c(c(C(=O)NC[C@@H]3CCN(CCCC(=O)OC)CC3O)c1)OCCCO2. The Morgan fingerprint density at radius 1 is 1.29 bits per heavy atom. The summed E-state index contributed by atoms with van der Waals surface area (Å²) in [7, 11) is 3.17. The number of carbonyl (C=O) groups is 2. The molecule has 3 N–H and O–H groups in total. The molecule has 31 heavy (non-hydrogen) atoms. The molecule has 0 aliphatic carbocycles. The van der Waals surface area contributed by atoms with Crippen LogP contribution in [0.5, 0.6) is 11.5 Å². The van der Waals surface area contributed by atoms with Crippen LogP contribution in [-0.4, -0.2) is 81.5 Å². The van der Waals surface area contributed by atoms with Gasteiger partial charge in [0.25, 0.3) is 5.91 Å². The van der Waals surface area contributed by atoms with Gasteiger partial charge in [-0.25, -0.2) is 0 Å². The van der Waals surface area contributed by atoms with Gasteiger partial charge >= 0.3 is 5.97 Å². The number of hydrogen-bond donors (Lipinski definition) is 3. The maximum absolute atomic E-state index is 12.9. The average Bonchev–Trinajstić information content (AvgIpc) is 3.02. The Bertz CT molecular complexity index is 772. The van der Waals surface area contributed by atoms with E-state index in [1.807, 2.05) is 6.07 Å². The molecule has 0 saturated carbocycles. The van der Waals surface area contributed by atoms with Crippen molar-refractivity contribution >= 4 is 17.6 Å². The Morgan fingerprint density at radius 3 is 2.84 bits per heavy atom. The number of nitrogens with one attached hydrogen (secondary N) is 2. The van der Waals surface area contributed by atoms with Crippen LogP contribution in [-0.2, 0) is 9.53 Å². The summed E-state index contributed by atoms with van der Waals surface area (Å²) in [6.07, 6.45) is 2.08. The van der Waals surface area contributed by atoms with Crippen LogP contribution in [0.15, 0.2) is 12.1 Å². The number of rotatable bonds is 8. The molecule has 0 bridgehead atoms. The van der Waals surface area contributed by atoms with E-state index in [-0.39, 0.29) is 17.8 Å². The number of aliphatic hydroxyl groups is 1. The quantitative estimate of drug-likeness (QED) is 0.524. The van der Waals surface area contributed by atoms with Crippen molar-refractivity contribution in [2.24, 2.45) is 5.92 Å². The van der Waals surface area contributed by atoms with Crippen molar-refractivity contribution in [3.05, 3.63) is 17.7 Å². The van der Waals surface area contributed by atoms with Gasteiger partial charge in [0.15, 0.2) is 11.5 Å². The van der Waals surface area contributed by atoms with Gasteiger partial charge in [-0.2, -0.15) is 0 Å². The third-order valence-electron chi connectivity index (χ3n) is 5.79. The summed E-state index contributed by atoms with van der Waals surface area (Å²) in [5, 5.41) is 16.6. The van der Waals surface area contributed by atoms with Crippen LogP contribution in [0, 0.1) is 5.92 Å². The minimum Gasteiger partial charge on any atom is -0.489 e. The van der Waals surface area contributed by atoms with E-state index < -0.39 is 6.10 Å². The topological polar surface area (TPSA) is 109 Å². The maximum Gasteiger partial charge on any atom is 0.305 e. The molecule has 1 amide bonds. The number of ether oxygens (including phenoxy) is 3. The van der Waals surface area contributed by atoms with E-state index in [9.17, 15) is 14.7 Å². The van der Waals surface area contributed by atoms with E-state index in [0.29, 0.717) is 56.2 Å². The fourth-order valence-corrected chi connectivity index (χ4v) is 3.94. The fraction of sp³-hybridized carbons (Fsp3) is 0.636. The van der Waals surface area contributed by atoms with Gasteiger partial charge in [-0.3, -0.25) is 9.59 Å². The third-order valence-corrected chi connectivity index (χ3v) is 5.79. The van der Waals surface area contributed by atoms with E-state index in [4.69, 9.17) is 9.47 Å². The molecule has 0 radical (unpaired) electrons. The second-order valence-corrected chi connectivity index (χ2v) is 7.96.